The lowest BCUT2D eigenvalue weighted by atomic mass is 10.2. The number of aromatic nitrogens is 1. The van der Waals surface area contributed by atoms with Gasteiger partial charge in [0, 0.05) is 12.4 Å². The van der Waals surface area contributed by atoms with Gasteiger partial charge in [-0.2, -0.15) is 0 Å². The van der Waals surface area contributed by atoms with E-state index >= 15 is 0 Å². The molecule has 0 radical (unpaired) electrons. The molecule has 1 aromatic heterocycles. The van der Waals surface area contributed by atoms with Crippen LogP contribution in [0.5, 0.6) is 17.2 Å². The Labute approximate surface area is 195 Å². The van der Waals surface area contributed by atoms with Gasteiger partial charge in [0.1, 0.15) is 19.0 Å². The van der Waals surface area contributed by atoms with Crippen molar-refractivity contribution in [2.75, 3.05) is 26.8 Å². The third-order valence-electron chi connectivity index (χ3n) is 4.92. The smallest absolute Gasteiger partial charge is 0.338 e. The molecule has 0 spiro atoms. The number of ether oxygens (including phenoxy) is 4. The van der Waals surface area contributed by atoms with E-state index in [1.54, 1.807) is 42.6 Å². The van der Waals surface area contributed by atoms with E-state index in [9.17, 15) is 9.59 Å². The summed E-state index contributed by atoms with van der Waals surface area (Å²) in [5.74, 6) is 0.917. The molecule has 0 aliphatic carbocycles. The second-order valence-electron chi connectivity index (χ2n) is 7.52. The number of nitrogens with zero attached hydrogens (tertiary/aromatic N) is 2. The van der Waals surface area contributed by atoms with Gasteiger partial charge in [-0.1, -0.05) is 18.2 Å². The molecule has 0 bridgehead atoms. The summed E-state index contributed by atoms with van der Waals surface area (Å²) in [6, 6.07) is 14.0. The molecule has 1 unspecified atom stereocenters. The Morgan fingerprint density at radius 1 is 1.18 bits per heavy atom. The number of hydrogen-bond acceptors (Lipinski definition) is 8. The highest BCUT2D eigenvalue weighted by atomic mass is 32.1. The number of likely N-dealkylation sites (N-methyl/N-ethyl adjacent to an activating group) is 1. The van der Waals surface area contributed by atoms with Crippen LogP contribution < -0.4 is 14.2 Å². The van der Waals surface area contributed by atoms with Crippen LogP contribution in [-0.4, -0.2) is 54.7 Å². The molecule has 1 aliphatic rings. The first-order chi connectivity index (χ1) is 16.0. The van der Waals surface area contributed by atoms with Gasteiger partial charge in [-0.15, -0.1) is 11.3 Å². The Morgan fingerprint density at radius 2 is 2.00 bits per heavy atom. The number of hydrogen-bond donors (Lipinski definition) is 0. The number of benzene rings is 2. The summed E-state index contributed by atoms with van der Waals surface area (Å²) in [5.41, 5.74) is 1.13. The van der Waals surface area contributed by atoms with E-state index in [1.807, 2.05) is 36.6 Å². The Hall–Kier alpha value is -3.59. The fourth-order valence-electron chi connectivity index (χ4n) is 3.23. The highest BCUT2D eigenvalue weighted by molar-refractivity contribution is 7.09. The van der Waals surface area contributed by atoms with Gasteiger partial charge in [-0.25, -0.2) is 9.78 Å². The molecule has 8 nitrogen and oxygen atoms in total. The molecule has 2 heterocycles. The van der Waals surface area contributed by atoms with E-state index in [4.69, 9.17) is 18.9 Å². The summed E-state index contributed by atoms with van der Waals surface area (Å²) in [5, 5.41) is 2.90. The van der Waals surface area contributed by atoms with Gasteiger partial charge in [-0.05, 0) is 37.3 Å². The van der Waals surface area contributed by atoms with Gasteiger partial charge < -0.3 is 23.8 Å². The maximum Gasteiger partial charge on any atom is 0.338 e. The van der Waals surface area contributed by atoms with Crippen LogP contribution in [0, 0.1) is 6.92 Å². The van der Waals surface area contributed by atoms with Gasteiger partial charge in [-0.3, -0.25) is 4.79 Å². The molecule has 2 aromatic carbocycles. The van der Waals surface area contributed by atoms with E-state index in [2.05, 4.69) is 4.98 Å². The van der Waals surface area contributed by atoms with Crippen LogP contribution in [0.4, 0.5) is 0 Å². The minimum absolute atomic E-state index is 0.304. The predicted octanol–water partition coefficient (Wildman–Crippen LogP) is 3.49. The van der Waals surface area contributed by atoms with Crippen molar-refractivity contribution in [3.63, 3.8) is 0 Å². The van der Waals surface area contributed by atoms with Crippen LogP contribution >= 0.6 is 11.3 Å². The third kappa shape index (κ3) is 6.01. The zero-order valence-corrected chi connectivity index (χ0v) is 19.2. The number of esters is 1. The molecule has 0 saturated carbocycles. The van der Waals surface area contributed by atoms with Crippen molar-refractivity contribution in [3.8, 4) is 17.2 Å². The predicted molar refractivity (Wildman–Crippen MR) is 122 cm³/mol. The molecule has 0 N–H and O–H groups in total. The van der Waals surface area contributed by atoms with Crippen molar-refractivity contribution >= 4 is 23.2 Å². The number of para-hydroxylation sites is 2. The van der Waals surface area contributed by atoms with Crippen molar-refractivity contribution in [2.24, 2.45) is 0 Å². The number of thiazole rings is 1. The van der Waals surface area contributed by atoms with Crippen LogP contribution in [0.25, 0.3) is 0 Å². The van der Waals surface area contributed by atoms with Gasteiger partial charge in [0.05, 0.1) is 22.8 Å². The number of amides is 1. The minimum atomic E-state index is -0.599. The zero-order valence-electron chi connectivity index (χ0n) is 18.4. The summed E-state index contributed by atoms with van der Waals surface area (Å²) in [6.07, 6.45) is -0.306. The summed E-state index contributed by atoms with van der Waals surface area (Å²) >= 11 is 1.55. The Morgan fingerprint density at radius 3 is 2.79 bits per heavy atom. The second kappa shape index (κ2) is 10.4. The largest absolute Gasteiger partial charge is 0.487 e. The van der Waals surface area contributed by atoms with Crippen molar-refractivity contribution < 1.29 is 28.5 Å². The van der Waals surface area contributed by atoms with E-state index in [0.717, 1.165) is 10.7 Å². The Kier molecular flexibility index (Phi) is 7.09. The van der Waals surface area contributed by atoms with Crippen molar-refractivity contribution in [1.82, 2.24) is 9.88 Å². The monoisotopic (exact) mass is 468 g/mol. The van der Waals surface area contributed by atoms with E-state index in [1.165, 1.54) is 4.90 Å². The molecule has 1 atom stereocenters. The molecule has 0 fully saturated rings. The molecule has 0 saturated heterocycles. The standard InChI is InChI=1S/C24H24N2O6S/c1-16-25-18(15-33-16)12-29-19-7-5-6-17(10-19)24(28)31-14-23(27)26(2)11-20-13-30-21-8-3-4-9-22(21)32-20/h3-10,15,20H,11-14H2,1-2H3. The number of aryl methyl sites for hydroxylation is 1. The number of carbonyl (C=O) groups is 2. The lowest BCUT2D eigenvalue weighted by molar-refractivity contribution is -0.134. The third-order valence-corrected chi connectivity index (χ3v) is 5.74. The Balaban J connectivity index is 1.24. The molecule has 172 valence electrons. The van der Waals surface area contributed by atoms with Crippen molar-refractivity contribution in [1.29, 1.82) is 0 Å². The number of fused-ring (bicyclic) bond motifs is 1. The lowest BCUT2D eigenvalue weighted by Gasteiger charge is -2.29. The molecule has 4 rings (SSSR count). The average Bonchev–Trinajstić information content (AvgIpc) is 3.26. The normalized spacial score (nSPS) is 14.4. The Bertz CT molecular complexity index is 1130. The maximum atomic E-state index is 12.4. The highest BCUT2D eigenvalue weighted by Gasteiger charge is 2.24. The first kappa shape index (κ1) is 22.6. The summed E-state index contributed by atoms with van der Waals surface area (Å²) in [6.45, 7) is 2.51. The lowest BCUT2D eigenvalue weighted by Crippen LogP contribution is -2.43. The van der Waals surface area contributed by atoms with Gasteiger partial charge >= 0.3 is 5.97 Å². The summed E-state index contributed by atoms with van der Waals surface area (Å²) in [7, 11) is 1.63. The fraction of sp³-hybridized carbons (Fsp3) is 0.292. The van der Waals surface area contributed by atoms with Crippen LogP contribution in [0.15, 0.2) is 53.9 Å². The molecular formula is C24H24N2O6S. The molecule has 33 heavy (non-hydrogen) atoms. The van der Waals surface area contributed by atoms with Gasteiger partial charge in [0.2, 0.25) is 0 Å². The molecule has 9 heteroatoms. The first-order valence-electron chi connectivity index (χ1n) is 10.4. The van der Waals surface area contributed by atoms with Gasteiger partial charge in [0.15, 0.2) is 24.2 Å². The fourth-order valence-corrected chi connectivity index (χ4v) is 3.82. The number of rotatable bonds is 8. The SMILES string of the molecule is Cc1nc(COc2cccc(C(=O)OCC(=O)N(C)CC3COc4ccccc4O3)c2)cs1. The molecular weight excluding hydrogens is 444 g/mol. The van der Waals surface area contributed by atoms with E-state index in [0.29, 0.717) is 42.6 Å². The molecule has 1 amide bonds. The minimum Gasteiger partial charge on any atom is -0.487 e. The number of carbonyl (C=O) groups excluding carboxylic acids is 2. The summed E-state index contributed by atoms with van der Waals surface area (Å²) < 4.78 is 22.5. The summed E-state index contributed by atoms with van der Waals surface area (Å²) in [4.78, 5) is 30.7. The van der Waals surface area contributed by atoms with Crippen LogP contribution in [0.3, 0.4) is 0 Å². The van der Waals surface area contributed by atoms with Crippen LogP contribution in [-0.2, 0) is 16.1 Å². The highest BCUT2D eigenvalue weighted by Crippen LogP contribution is 2.31. The van der Waals surface area contributed by atoms with Crippen molar-refractivity contribution in [2.45, 2.75) is 19.6 Å². The maximum absolute atomic E-state index is 12.4. The zero-order chi connectivity index (χ0) is 23.2. The average molecular weight is 469 g/mol. The van der Waals surface area contributed by atoms with E-state index < -0.39 is 5.97 Å². The van der Waals surface area contributed by atoms with Crippen molar-refractivity contribution in [3.05, 3.63) is 70.2 Å². The quantitative estimate of drug-likeness (QED) is 0.468. The molecule has 3 aromatic rings. The first-order valence-corrected chi connectivity index (χ1v) is 11.3. The van der Waals surface area contributed by atoms with Crippen LogP contribution in [0.2, 0.25) is 0 Å². The van der Waals surface area contributed by atoms with E-state index in [-0.39, 0.29) is 18.6 Å². The molecule has 1 aliphatic heterocycles. The van der Waals surface area contributed by atoms with Crippen LogP contribution in [0.1, 0.15) is 21.1 Å². The topological polar surface area (TPSA) is 87.2 Å². The van der Waals surface area contributed by atoms with Gasteiger partial charge in [0.25, 0.3) is 5.91 Å². The second-order valence-corrected chi connectivity index (χ2v) is 8.58.